The molecule has 0 heterocycles. The maximum atomic E-state index is 11.2. The van der Waals surface area contributed by atoms with Crippen molar-refractivity contribution in [3.8, 4) is 56.8 Å². The Balaban J connectivity index is 2.13. The molecule has 33 heavy (non-hydrogen) atoms. The topological polar surface area (TPSA) is 88.4 Å². The van der Waals surface area contributed by atoms with Crippen molar-refractivity contribution in [2.24, 2.45) is 0 Å². The average molecular weight is 451 g/mol. The van der Waals surface area contributed by atoms with Crippen molar-refractivity contribution < 1.29 is 29.5 Å². The van der Waals surface area contributed by atoms with E-state index in [1.807, 2.05) is 45.9 Å². The smallest absolute Gasteiger partial charge is 0.170 e. The second kappa shape index (κ2) is 9.77. The Kier molecular flexibility index (Phi) is 7.07. The summed E-state index contributed by atoms with van der Waals surface area (Å²) in [4.78, 5) is 0. The molecule has 0 bridgehead atoms. The molecule has 0 saturated carbocycles. The second-order valence-electron chi connectivity index (χ2n) is 8.12. The molecule has 0 spiro atoms. The Bertz CT molecular complexity index is 1180. The maximum Gasteiger partial charge on any atom is 0.170 e. The first-order valence-electron chi connectivity index (χ1n) is 10.6. The van der Waals surface area contributed by atoms with E-state index in [0.29, 0.717) is 45.9 Å². The molecule has 0 aromatic heterocycles. The summed E-state index contributed by atoms with van der Waals surface area (Å²) in [7, 11) is 2.99. The minimum absolute atomic E-state index is 0.0519. The van der Waals surface area contributed by atoms with Crippen LogP contribution < -0.4 is 14.2 Å². The Hall–Kier alpha value is -3.80. The predicted octanol–water partition coefficient (Wildman–Crippen LogP) is 6.12. The van der Waals surface area contributed by atoms with Crippen molar-refractivity contribution in [2.75, 3.05) is 20.8 Å². The molecule has 0 atom stereocenters. The van der Waals surface area contributed by atoms with Crippen molar-refractivity contribution in [3.05, 3.63) is 59.2 Å². The largest absolute Gasteiger partial charge is 0.507 e. The molecule has 0 saturated heterocycles. The minimum Gasteiger partial charge on any atom is -0.507 e. The number of allylic oxidation sites excluding steroid dienone is 1. The van der Waals surface area contributed by atoms with Crippen LogP contribution in [0.2, 0.25) is 0 Å². The van der Waals surface area contributed by atoms with E-state index in [1.165, 1.54) is 20.3 Å². The van der Waals surface area contributed by atoms with Crippen LogP contribution in [0.4, 0.5) is 0 Å². The Morgan fingerprint density at radius 1 is 0.818 bits per heavy atom. The molecule has 6 nitrogen and oxygen atoms in total. The first-order chi connectivity index (χ1) is 15.7. The molecule has 3 rings (SSSR count). The summed E-state index contributed by atoms with van der Waals surface area (Å²) in [6.45, 7) is 7.91. The monoisotopic (exact) mass is 450 g/mol. The molecule has 3 N–H and O–H groups in total. The number of methoxy groups -OCH3 is 2. The van der Waals surface area contributed by atoms with Gasteiger partial charge in [0.25, 0.3) is 0 Å². The van der Waals surface area contributed by atoms with Gasteiger partial charge < -0.3 is 29.5 Å². The summed E-state index contributed by atoms with van der Waals surface area (Å²) in [6, 6.07) is 10.3. The molecular weight excluding hydrogens is 420 g/mol. The van der Waals surface area contributed by atoms with Gasteiger partial charge in [-0.15, -0.1) is 0 Å². The molecule has 0 aliphatic heterocycles. The number of phenols is 3. The fraction of sp³-hybridized carbons (Fsp3) is 0.259. The molecule has 3 aromatic rings. The summed E-state index contributed by atoms with van der Waals surface area (Å²) in [5.41, 5.74) is 4.85. The van der Waals surface area contributed by atoms with Gasteiger partial charge in [-0.25, -0.2) is 0 Å². The highest BCUT2D eigenvalue weighted by Gasteiger charge is 2.23. The molecule has 0 radical (unpaired) electrons. The number of benzene rings is 3. The first kappa shape index (κ1) is 23.9. The fourth-order valence-electron chi connectivity index (χ4n) is 3.69. The van der Waals surface area contributed by atoms with Crippen LogP contribution in [-0.4, -0.2) is 36.1 Å². The molecule has 0 amide bonds. The van der Waals surface area contributed by atoms with Crippen molar-refractivity contribution in [2.45, 2.75) is 27.7 Å². The van der Waals surface area contributed by atoms with E-state index in [4.69, 9.17) is 14.2 Å². The SMILES string of the molecule is COc1cc(-c2cc(C)c(O)c(C)c2)c(OC)c(O)c1-c1ccc(OCC=C(C)C)c(O)c1. The van der Waals surface area contributed by atoms with Gasteiger partial charge in [-0.05, 0) is 86.4 Å². The van der Waals surface area contributed by atoms with E-state index in [9.17, 15) is 15.3 Å². The summed E-state index contributed by atoms with van der Waals surface area (Å²) in [5.74, 6) is 1.07. The molecule has 3 aromatic carbocycles. The highest BCUT2D eigenvalue weighted by Crippen LogP contribution is 2.50. The van der Waals surface area contributed by atoms with Crippen molar-refractivity contribution in [1.82, 2.24) is 0 Å². The molecule has 6 heteroatoms. The lowest BCUT2D eigenvalue weighted by molar-refractivity contribution is 0.335. The van der Waals surface area contributed by atoms with Crippen LogP contribution in [-0.2, 0) is 0 Å². The fourth-order valence-corrected chi connectivity index (χ4v) is 3.69. The van der Waals surface area contributed by atoms with E-state index in [1.54, 1.807) is 18.2 Å². The lowest BCUT2D eigenvalue weighted by Crippen LogP contribution is -1.97. The summed E-state index contributed by atoms with van der Waals surface area (Å²) < 4.78 is 16.8. The number of hydrogen-bond acceptors (Lipinski definition) is 6. The van der Waals surface area contributed by atoms with E-state index in [-0.39, 0.29) is 23.0 Å². The molecule has 0 unspecified atom stereocenters. The summed E-state index contributed by atoms with van der Waals surface area (Å²) in [6.07, 6.45) is 1.92. The number of rotatable bonds is 7. The quantitative estimate of drug-likeness (QED) is 0.376. The number of hydrogen-bond donors (Lipinski definition) is 3. The van der Waals surface area contributed by atoms with Gasteiger partial charge >= 0.3 is 0 Å². The Morgan fingerprint density at radius 2 is 1.48 bits per heavy atom. The average Bonchev–Trinajstić information content (AvgIpc) is 2.77. The third-order valence-corrected chi connectivity index (χ3v) is 5.42. The van der Waals surface area contributed by atoms with Gasteiger partial charge in [0, 0.05) is 5.56 Å². The van der Waals surface area contributed by atoms with Crippen molar-refractivity contribution >= 4 is 0 Å². The highest BCUT2D eigenvalue weighted by molar-refractivity contribution is 5.88. The van der Waals surface area contributed by atoms with Crippen molar-refractivity contribution in [1.29, 1.82) is 0 Å². The van der Waals surface area contributed by atoms with Gasteiger partial charge in [-0.1, -0.05) is 11.6 Å². The van der Waals surface area contributed by atoms with E-state index < -0.39 is 0 Å². The van der Waals surface area contributed by atoms with E-state index in [0.717, 1.165) is 11.1 Å². The van der Waals surface area contributed by atoms with Crippen LogP contribution in [0.25, 0.3) is 22.3 Å². The summed E-state index contributed by atoms with van der Waals surface area (Å²) in [5, 5.41) is 31.8. The van der Waals surface area contributed by atoms with Crippen LogP contribution in [0.1, 0.15) is 25.0 Å². The molecule has 0 fully saturated rings. The third kappa shape index (κ3) is 4.85. The first-order valence-corrected chi connectivity index (χ1v) is 10.6. The van der Waals surface area contributed by atoms with E-state index >= 15 is 0 Å². The lowest BCUT2D eigenvalue weighted by Gasteiger charge is -2.19. The van der Waals surface area contributed by atoms with Crippen LogP contribution in [0.3, 0.4) is 0 Å². The number of phenolic OH excluding ortho intramolecular Hbond substituents is 3. The van der Waals surface area contributed by atoms with Crippen LogP contribution in [0.5, 0.6) is 34.5 Å². The number of ether oxygens (including phenoxy) is 3. The van der Waals surface area contributed by atoms with Gasteiger partial charge in [0.1, 0.15) is 18.1 Å². The molecule has 0 aliphatic carbocycles. The zero-order valence-corrected chi connectivity index (χ0v) is 19.8. The predicted molar refractivity (Wildman–Crippen MR) is 130 cm³/mol. The number of aryl methyl sites for hydroxylation is 2. The van der Waals surface area contributed by atoms with Gasteiger partial charge in [0.15, 0.2) is 23.0 Å². The molecule has 0 aliphatic rings. The van der Waals surface area contributed by atoms with Gasteiger partial charge in [0.05, 0.1) is 19.8 Å². The van der Waals surface area contributed by atoms with Crippen LogP contribution in [0, 0.1) is 13.8 Å². The Labute approximate surface area is 194 Å². The van der Waals surface area contributed by atoms with Crippen LogP contribution in [0.15, 0.2) is 48.0 Å². The van der Waals surface area contributed by atoms with Crippen molar-refractivity contribution in [3.63, 3.8) is 0 Å². The lowest BCUT2D eigenvalue weighted by atomic mass is 9.94. The minimum atomic E-state index is -0.118. The zero-order valence-electron chi connectivity index (χ0n) is 19.8. The molecule has 174 valence electrons. The second-order valence-corrected chi connectivity index (χ2v) is 8.12. The standard InChI is InChI=1S/C27H30O6/c1-15(2)9-10-33-22-8-7-18(13-21(22)28)24-23(31-5)14-20(27(32-6)26(24)30)19-11-16(3)25(29)17(4)12-19/h7-9,11-14,28-30H,10H2,1-6H3. The zero-order chi connectivity index (χ0) is 24.3. The van der Waals surface area contributed by atoms with Crippen LogP contribution >= 0.6 is 0 Å². The van der Waals surface area contributed by atoms with Gasteiger partial charge in [-0.2, -0.15) is 0 Å². The Morgan fingerprint density at radius 3 is 2.03 bits per heavy atom. The maximum absolute atomic E-state index is 11.2. The van der Waals surface area contributed by atoms with Gasteiger partial charge in [0.2, 0.25) is 0 Å². The van der Waals surface area contributed by atoms with E-state index in [2.05, 4.69) is 0 Å². The third-order valence-electron chi connectivity index (χ3n) is 5.42. The molecular formula is C27H30O6. The normalized spacial score (nSPS) is 10.6. The number of aromatic hydroxyl groups is 3. The van der Waals surface area contributed by atoms with Gasteiger partial charge in [-0.3, -0.25) is 0 Å². The summed E-state index contributed by atoms with van der Waals surface area (Å²) >= 11 is 0. The highest BCUT2D eigenvalue weighted by atomic mass is 16.5.